The van der Waals surface area contributed by atoms with Crippen LogP contribution in [0.1, 0.15) is 5.56 Å². The van der Waals surface area contributed by atoms with E-state index in [9.17, 15) is 4.79 Å². The molecule has 2 rings (SSSR count). The molecule has 1 heterocycles. The molecule has 0 aliphatic heterocycles. The average molecular weight is 244 g/mol. The number of hydrogen-bond acceptors (Lipinski definition) is 3. The second kappa shape index (κ2) is 5.46. The van der Waals surface area contributed by atoms with Crippen LogP contribution in [-0.4, -0.2) is 21.7 Å². The number of rotatable bonds is 4. The van der Waals surface area contributed by atoms with Crippen LogP contribution in [0.2, 0.25) is 0 Å². The number of nitrogens with one attached hydrogen (secondary N) is 1. The summed E-state index contributed by atoms with van der Waals surface area (Å²) < 4.78 is 1.62. The van der Waals surface area contributed by atoms with Crippen molar-refractivity contribution in [2.75, 3.05) is 5.32 Å². The van der Waals surface area contributed by atoms with E-state index in [0.717, 1.165) is 5.56 Å². The summed E-state index contributed by atoms with van der Waals surface area (Å²) in [6.45, 7) is 0. The molecule has 94 valence electrons. The van der Waals surface area contributed by atoms with Gasteiger partial charge in [-0.2, -0.15) is 5.10 Å². The molecule has 2 aromatic rings. The second-order valence-electron chi connectivity index (χ2n) is 4.16. The number of carbonyl (C=O) groups excluding carboxylic acids is 1. The molecule has 0 aliphatic carbocycles. The Labute approximate surface area is 106 Å². The Morgan fingerprint density at radius 1 is 1.39 bits per heavy atom. The molecule has 0 spiro atoms. The minimum Gasteiger partial charge on any atom is -0.320 e. The number of carbonyl (C=O) groups is 1. The Kier molecular flexibility index (Phi) is 3.74. The number of hydrogen-bond donors (Lipinski definition) is 2. The average Bonchev–Trinajstić information content (AvgIpc) is 2.76. The maximum atomic E-state index is 11.8. The third-order valence-corrected chi connectivity index (χ3v) is 2.60. The highest BCUT2D eigenvalue weighted by atomic mass is 16.2. The highest BCUT2D eigenvalue weighted by Gasteiger charge is 2.14. The molecule has 0 bridgehead atoms. The Morgan fingerprint density at radius 3 is 2.72 bits per heavy atom. The van der Waals surface area contributed by atoms with E-state index in [4.69, 9.17) is 5.73 Å². The van der Waals surface area contributed by atoms with Gasteiger partial charge in [0.1, 0.15) is 0 Å². The fourth-order valence-electron chi connectivity index (χ4n) is 1.66. The predicted molar refractivity (Wildman–Crippen MR) is 70.0 cm³/mol. The Morgan fingerprint density at radius 2 is 2.11 bits per heavy atom. The zero-order valence-corrected chi connectivity index (χ0v) is 10.2. The summed E-state index contributed by atoms with van der Waals surface area (Å²) in [5.74, 6) is 0.295. The van der Waals surface area contributed by atoms with Gasteiger partial charge >= 0.3 is 0 Å². The largest absolute Gasteiger partial charge is 0.320 e. The van der Waals surface area contributed by atoms with Gasteiger partial charge in [-0.1, -0.05) is 30.3 Å². The number of amides is 1. The van der Waals surface area contributed by atoms with Crippen molar-refractivity contribution in [1.29, 1.82) is 0 Å². The van der Waals surface area contributed by atoms with Gasteiger partial charge in [-0.15, -0.1) is 0 Å². The molecule has 0 fully saturated rings. The lowest BCUT2D eigenvalue weighted by Crippen LogP contribution is -2.37. The van der Waals surface area contributed by atoms with Crippen LogP contribution < -0.4 is 11.1 Å². The molecule has 0 radical (unpaired) electrons. The van der Waals surface area contributed by atoms with E-state index in [1.54, 1.807) is 24.0 Å². The number of benzene rings is 1. The van der Waals surface area contributed by atoms with Crippen molar-refractivity contribution in [1.82, 2.24) is 9.78 Å². The van der Waals surface area contributed by atoms with Crippen molar-refractivity contribution < 1.29 is 4.79 Å². The van der Waals surface area contributed by atoms with Crippen LogP contribution in [0.5, 0.6) is 0 Å². The molecular formula is C13H16N4O. The molecule has 0 unspecified atom stereocenters. The lowest BCUT2D eigenvalue weighted by atomic mass is 10.1. The fraction of sp³-hybridized carbons (Fsp3) is 0.231. The first-order chi connectivity index (χ1) is 8.65. The molecule has 5 heteroatoms. The molecule has 1 aromatic carbocycles. The lowest BCUT2D eigenvalue weighted by Gasteiger charge is -2.10. The fourth-order valence-corrected chi connectivity index (χ4v) is 1.66. The van der Waals surface area contributed by atoms with Crippen LogP contribution in [0.15, 0.2) is 42.6 Å². The predicted octanol–water partition coefficient (Wildman–Crippen LogP) is 0.929. The highest BCUT2D eigenvalue weighted by molar-refractivity contribution is 5.94. The van der Waals surface area contributed by atoms with Crippen molar-refractivity contribution >= 4 is 11.7 Å². The van der Waals surface area contributed by atoms with Crippen molar-refractivity contribution in [2.24, 2.45) is 12.8 Å². The van der Waals surface area contributed by atoms with E-state index >= 15 is 0 Å². The maximum absolute atomic E-state index is 11.8. The summed E-state index contributed by atoms with van der Waals surface area (Å²) in [5.41, 5.74) is 6.90. The van der Waals surface area contributed by atoms with E-state index in [2.05, 4.69) is 10.4 Å². The Bertz CT molecular complexity index is 521. The number of anilines is 1. The summed E-state index contributed by atoms with van der Waals surface area (Å²) >= 11 is 0. The van der Waals surface area contributed by atoms with Crippen LogP contribution in [-0.2, 0) is 18.3 Å². The van der Waals surface area contributed by atoms with Crippen LogP contribution in [0.25, 0.3) is 0 Å². The molecule has 0 saturated heterocycles. The second-order valence-corrected chi connectivity index (χ2v) is 4.16. The van der Waals surface area contributed by atoms with Crippen LogP contribution in [0.4, 0.5) is 5.82 Å². The van der Waals surface area contributed by atoms with Crippen molar-refractivity contribution in [3.05, 3.63) is 48.2 Å². The first-order valence-electron chi connectivity index (χ1n) is 5.75. The van der Waals surface area contributed by atoms with Gasteiger partial charge in [0.2, 0.25) is 5.91 Å². The number of aryl methyl sites for hydroxylation is 1. The van der Waals surface area contributed by atoms with Gasteiger partial charge < -0.3 is 11.1 Å². The van der Waals surface area contributed by atoms with Crippen LogP contribution >= 0.6 is 0 Å². The molecule has 1 aromatic heterocycles. The van der Waals surface area contributed by atoms with Gasteiger partial charge in [-0.05, 0) is 12.0 Å². The van der Waals surface area contributed by atoms with Gasteiger partial charge in [-0.25, -0.2) is 0 Å². The van der Waals surface area contributed by atoms with E-state index < -0.39 is 6.04 Å². The number of aromatic nitrogens is 2. The first kappa shape index (κ1) is 12.3. The van der Waals surface area contributed by atoms with E-state index in [0.29, 0.717) is 12.2 Å². The van der Waals surface area contributed by atoms with Gasteiger partial charge in [0, 0.05) is 19.3 Å². The van der Waals surface area contributed by atoms with E-state index in [1.807, 2.05) is 30.3 Å². The van der Waals surface area contributed by atoms with E-state index in [1.165, 1.54) is 0 Å². The SMILES string of the molecule is Cn1ccc(NC(=O)[C@@H](N)Cc2ccccc2)n1. The minimum atomic E-state index is -0.575. The monoisotopic (exact) mass is 244 g/mol. The third-order valence-electron chi connectivity index (χ3n) is 2.60. The smallest absolute Gasteiger partial charge is 0.242 e. The molecule has 1 amide bonds. The van der Waals surface area contributed by atoms with Crippen molar-refractivity contribution in [2.45, 2.75) is 12.5 Å². The number of nitrogens with two attached hydrogens (primary N) is 1. The summed E-state index contributed by atoms with van der Waals surface area (Å²) in [6.07, 6.45) is 2.28. The lowest BCUT2D eigenvalue weighted by molar-refractivity contribution is -0.117. The quantitative estimate of drug-likeness (QED) is 0.840. The molecule has 18 heavy (non-hydrogen) atoms. The molecule has 1 atom stereocenters. The zero-order chi connectivity index (χ0) is 13.0. The summed E-state index contributed by atoms with van der Waals surface area (Å²) in [4.78, 5) is 11.8. The molecule has 0 saturated carbocycles. The van der Waals surface area contributed by atoms with Crippen molar-refractivity contribution in [3.8, 4) is 0 Å². The van der Waals surface area contributed by atoms with Gasteiger partial charge in [0.25, 0.3) is 0 Å². The normalized spacial score (nSPS) is 12.1. The van der Waals surface area contributed by atoms with Gasteiger partial charge in [0.15, 0.2) is 5.82 Å². The first-order valence-corrected chi connectivity index (χ1v) is 5.75. The molecular weight excluding hydrogens is 228 g/mol. The standard InChI is InChI=1S/C13H16N4O/c1-17-8-7-12(16-17)15-13(18)11(14)9-10-5-3-2-4-6-10/h2-8,11H,9,14H2,1H3,(H,15,16,18)/t11-/m0/s1. The van der Waals surface area contributed by atoms with Gasteiger partial charge in [0.05, 0.1) is 6.04 Å². The van der Waals surface area contributed by atoms with Crippen LogP contribution in [0, 0.1) is 0 Å². The molecule has 3 N–H and O–H groups in total. The highest BCUT2D eigenvalue weighted by Crippen LogP contribution is 2.05. The summed E-state index contributed by atoms with van der Waals surface area (Å²) in [5, 5.41) is 6.76. The zero-order valence-electron chi connectivity index (χ0n) is 10.2. The number of nitrogens with zero attached hydrogens (tertiary/aromatic N) is 2. The Hall–Kier alpha value is -2.14. The summed E-state index contributed by atoms with van der Waals surface area (Å²) in [7, 11) is 1.79. The summed E-state index contributed by atoms with van der Waals surface area (Å²) in [6, 6.07) is 10.9. The van der Waals surface area contributed by atoms with Crippen molar-refractivity contribution in [3.63, 3.8) is 0 Å². The third kappa shape index (κ3) is 3.18. The van der Waals surface area contributed by atoms with Gasteiger partial charge in [-0.3, -0.25) is 9.48 Å². The maximum Gasteiger partial charge on any atom is 0.242 e. The molecule has 5 nitrogen and oxygen atoms in total. The van der Waals surface area contributed by atoms with Crippen LogP contribution in [0.3, 0.4) is 0 Å². The topological polar surface area (TPSA) is 72.9 Å². The molecule has 0 aliphatic rings. The minimum absolute atomic E-state index is 0.224. The van der Waals surface area contributed by atoms with E-state index in [-0.39, 0.29) is 5.91 Å². The Balaban J connectivity index is 1.93.